The topological polar surface area (TPSA) is 113 Å². The number of fused-ring (bicyclic) bond motifs is 2. The van der Waals surface area contributed by atoms with E-state index in [1.54, 1.807) is 43.5 Å². The van der Waals surface area contributed by atoms with E-state index in [1.165, 1.54) is 15.3 Å². The van der Waals surface area contributed by atoms with E-state index in [0.717, 1.165) is 45.8 Å². The largest absolute Gasteiger partial charge is 0.444 e. The second kappa shape index (κ2) is 12.9. The number of thiazole rings is 1. The number of hydrogen-bond donors (Lipinski definition) is 0. The van der Waals surface area contributed by atoms with Crippen molar-refractivity contribution in [3.8, 4) is 11.3 Å². The Morgan fingerprint density at radius 1 is 1.12 bits per heavy atom. The maximum Gasteiger partial charge on any atom is 0.410 e. The highest BCUT2D eigenvalue weighted by molar-refractivity contribution is 7.91. The first-order valence-electron chi connectivity index (χ1n) is 16.7. The van der Waals surface area contributed by atoms with Gasteiger partial charge >= 0.3 is 6.09 Å². The number of carbonyl (C=O) groups is 1. The molecule has 1 fully saturated rings. The van der Waals surface area contributed by atoms with Crippen molar-refractivity contribution < 1.29 is 27.4 Å². The van der Waals surface area contributed by atoms with Crippen LogP contribution in [0.5, 0.6) is 0 Å². The molecule has 0 bridgehead atoms. The van der Waals surface area contributed by atoms with Crippen LogP contribution in [-0.4, -0.2) is 64.1 Å². The van der Waals surface area contributed by atoms with E-state index in [-0.39, 0.29) is 19.3 Å². The van der Waals surface area contributed by atoms with Crippen LogP contribution in [0.15, 0.2) is 66.0 Å². The number of methoxy groups -OCH3 is 1. The number of hydrogen-bond acceptors (Lipinski definition) is 9. The number of allylic oxidation sites excluding steroid dienone is 3. The number of halogens is 1. The number of ether oxygens (including phenoxy) is 3. The molecule has 3 aromatic heterocycles. The van der Waals surface area contributed by atoms with E-state index in [2.05, 4.69) is 4.98 Å². The lowest BCUT2D eigenvalue weighted by molar-refractivity contribution is -0.171. The number of aromatic nitrogens is 3. The predicted molar refractivity (Wildman–Crippen MR) is 195 cm³/mol. The van der Waals surface area contributed by atoms with Gasteiger partial charge in [-0.15, -0.1) is 11.3 Å². The normalized spacial score (nSPS) is 20.6. The minimum Gasteiger partial charge on any atom is -0.444 e. The number of pyridine rings is 1. The van der Waals surface area contributed by atoms with Crippen molar-refractivity contribution in [1.29, 1.82) is 0 Å². The van der Waals surface area contributed by atoms with Crippen LogP contribution >= 0.6 is 22.9 Å². The average molecular weight is 737 g/mol. The Morgan fingerprint density at radius 3 is 2.62 bits per heavy atom. The van der Waals surface area contributed by atoms with Crippen LogP contribution in [0, 0.1) is 0 Å². The highest BCUT2D eigenvalue weighted by atomic mass is 35.5. The first-order chi connectivity index (χ1) is 23.7. The van der Waals surface area contributed by atoms with Crippen molar-refractivity contribution in [2.45, 2.75) is 82.3 Å². The van der Waals surface area contributed by atoms with Crippen molar-refractivity contribution in [1.82, 2.24) is 18.8 Å². The molecule has 1 aromatic carbocycles. The molecule has 1 atom stereocenters. The minimum atomic E-state index is -4.13. The molecule has 3 aliphatic rings. The SMILES string of the molecule is COCOC1(c2ncc(C3=CCC(C)(S(=O)(=O)n4c(-c5ccc6c(c5)CN(C(=O)OC(C)(C)C)CC6)cc5cccnc54)C=C3Cl)s2)CCC1. The third-order valence-corrected chi connectivity index (χ3v) is 13.5. The van der Waals surface area contributed by atoms with Crippen LogP contribution in [0.1, 0.15) is 74.4 Å². The van der Waals surface area contributed by atoms with E-state index >= 15 is 0 Å². The fourth-order valence-corrected chi connectivity index (χ4v) is 10.3. The summed E-state index contributed by atoms with van der Waals surface area (Å²) in [5.74, 6) is 0. The molecular weight excluding hydrogens is 696 g/mol. The van der Waals surface area contributed by atoms with Crippen LogP contribution in [0.3, 0.4) is 0 Å². The molecule has 4 heterocycles. The fraction of sp³-hybridized carbons (Fsp3) is 0.432. The van der Waals surface area contributed by atoms with Crippen molar-refractivity contribution >= 4 is 55.7 Å². The van der Waals surface area contributed by atoms with Crippen LogP contribution < -0.4 is 0 Å². The summed E-state index contributed by atoms with van der Waals surface area (Å²) in [6, 6.07) is 11.4. The molecule has 1 amide bonds. The Morgan fingerprint density at radius 2 is 1.92 bits per heavy atom. The zero-order chi connectivity index (χ0) is 35.5. The van der Waals surface area contributed by atoms with Crippen LogP contribution in [0.4, 0.5) is 4.79 Å². The van der Waals surface area contributed by atoms with Crippen molar-refractivity contribution in [3.05, 3.63) is 87.0 Å². The first kappa shape index (κ1) is 34.9. The van der Waals surface area contributed by atoms with Gasteiger partial charge in [0.15, 0.2) is 5.65 Å². The molecule has 0 radical (unpaired) electrons. The molecule has 1 aliphatic heterocycles. The van der Waals surface area contributed by atoms with Crippen LogP contribution in [-0.2, 0) is 42.8 Å². The Labute approximate surface area is 301 Å². The molecule has 2 aliphatic carbocycles. The van der Waals surface area contributed by atoms with Gasteiger partial charge in [0.1, 0.15) is 27.7 Å². The molecule has 10 nitrogen and oxygen atoms in total. The number of carbonyl (C=O) groups excluding carboxylic acids is 1. The van der Waals surface area contributed by atoms with Gasteiger partial charge in [-0.1, -0.05) is 29.8 Å². The van der Waals surface area contributed by atoms with Gasteiger partial charge in [0.25, 0.3) is 0 Å². The minimum absolute atomic E-state index is 0.190. The number of amides is 1. The molecule has 1 saturated carbocycles. The summed E-state index contributed by atoms with van der Waals surface area (Å²) in [5.41, 5.74) is 3.29. The van der Waals surface area contributed by atoms with Gasteiger partial charge in [-0.3, -0.25) is 0 Å². The molecule has 0 spiro atoms. The van der Waals surface area contributed by atoms with E-state index in [9.17, 15) is 13.2 Å². The summed E-state index contributed by atoms with van der Waals surface area (Å²) in [6.07, 6.45) is 10.2. The van der Waals surface area contributed by atoms with Crippen molar-refractivity contribution in [2.24, 2.45) is 0 Å². The summed E-state index contributed by atoms with van der Waals surface area (Å²) >= 11 is 8.46. The third-order valence-electron chi connectivity index (χ3n) is 9.69. The Bertz CT molecular complexity index is 2140. The maximum atomic E-state index is 14.9. The second-order valence-corrected chi connectivity index (χ2v) is 18.1. The molecular formula is C37H41ClN4O6S2. The zero-order valence-electron chi connectivity index (χ0n) is 28.9. The van der Waals surface area contributed by atoms with Crippen molar-refractivity contribution in [2.75, 3.05) is 20.4 Å². The smallest absolute Gasteiger partial charge is 0.410 e. The standard InChI is InChI=1S/C37H41ClN4O6S2/c1-35(2,3)48-34(43)41-17-12-24-9-10-25(18-27(24)22-41)30-19-26-8-6-16-39-32(26)42(30)50(44,45)36(4)15-11-28(29(38)20-36)31-21-40-33(49-31)37(13-7-14-37)47-23-46-5/h6,8-11,16,18-21H,7,12-15,17,22-23H2,1-5H3. The summed E-state index contributed by atoms with van der Waals surface area (Å²) in [6.45, 7) is 8.34. The highest BCUT2D eigenvalue weighted by Gasteiger charge is 2.45. The van der Waals surface area contributed by atoms with Gasteiger partial charge in [-0.25, -0.2) is 27.2 Å². The number of nitrogens with zero attached hydrogens (tertiary/aromatic N) is 4. The average Bonchev–Trinajstić information content (AvgIpc) is 3.69. The van der Waals surface area contributed by atoms with E-state index in [0.29, 0.717) is 46.8 Å². The van der Waals surface area contributed by atoms with Gasteiger partial charge in [-0.2, -0.15) is 0 Å². The van der Waals surface area contributed by atoms with Gasteiger partial charge < -0.3 is 19.1 Å². The molecule has 4 aromatic rings. The van der Waals surface area contributed by atoms with Gasteiger partial charge in [0.05, 0.1) is 10.6 Å². The summed E-state index contributed by atoms with van der Waals surface area (Å²) in [5, 5.41) is 1.92. The molecule has 7 rings (SSSR count). The maximum absolute atomic E-state index is 14.9. The van der Waals surface area contributed by atoms with Crippen LogP contribution in [0.25, 0.3) is 27.9 Å². The number of rotatable bonds is 8. The monoisotopic (exact) mass is 736 g/mol. The van der Waals surface area contributed by atoms with Gasteiger partial charge in [-0.05, 0) is 107 Å². The first-order valence-corrected chi connectivity index (χ1v) is 19.4. The lowest BCUT2D eigenvalue weighted by Gasteiger charge is -2.39. The molecule has 264 valence electrons. The fourth-order valence-electron chi connectivity index (χ4n) is 6.77. The summed E-state index contributed by atoms with van der Waals surface area (Å²) in [4.78, 5) is 24.7. The van der Waals surface area contributed by atoms with Crippen molar-refractivity contribution in [3.63, 3.8) is 0 Å². The lowest BCUT2D eigenvalue weighted by atomic mass is 9.80. The molecule has 13 heteroatoms. The summed E-state index contributed by atoms with van der Waals surface area (Å²) in [7, 11) is -2.53. The second-order valence-electron chi connectivity index (χ2n) is 14.4. The number of benzene rings is 1. The molecule has 1 unspecified atom stereocenters. The van der Waals surface area contributed by atoms with Gasteiger partial charge in [0.2, 0.25) is 10.0 Å². The molecule has 0 N–H and O–H groups in total. The zero-order valence-corrected chi connectivity index (χ0v) is 31.3. The van der Waals surface area contributed by atoms with Gasteiger partial charge in [0, 0.05) is 48.6 Å². The lowest BCUT2D eigenvalue weighted by Crippen LogP contribution is -2.40. The predicted octanol–water partition coefficient (Wildman–Crippen LogP) is 8.00. The molecule has 50 heavy (non-hydrogen) atoms. The van der Waals surface area contributed by atoms with E-state index in [4.69, 9.17) is 30.8 Å². The van der Waals surface area contributed by atoms with E-state index in [1.807, 2.05) is 57.2 Å². The Hall–Kier alpha value is -3.55. The summed E-state index contributed by atoms with van der Waals surface area (Å²) < 4.78 is 46.6. The quantitative estimate of drug-likeness (QED) is 0.167. The van der Waals surface area contributed by atoms with E-state index < -0.39 is 26.0 Å². The Balaban J connectivity index is 1.22. The molecule has 0 saturated heterocycles. The third kappa shape index (κ3) is 6.19. The Kier molecular flexibility index (Phi) is 9.00. The van der Waals surface area contributed by atoms with Crippen LogP contribution in [0.2, 0.25) is 0 Å². The highest BCUT2D eigenvalue weighted by Crippen LogP contribution is 2.49.